The Bertz CT molecular complexity index is 1070. The van der Waals surface area contributed by atoms with Gasteiger partial charge >= 0.3 is 0 Å². The Kier molecular flexibility index (Phi) is 4.86. The molecular formula is C23H24N4O3. The van der Waals surface area contributed by atoms with Gasteiger partial charge in [-0.1, -0.05) is 18.2 Å². The Labute approximate surface area is 174 Å². The quantitative estimate of drug-likeness (QED) is 0.672. The molecular weight excluding hydrogens is 380 g/mol. The zero-order valence-electron chi connectivity index (χ0n) is 16.8. The van der Waals surface area contributed by atoms with Crippen molar-refractivity contribution in [2.45, 2.75) is 19.4 Å². The van der Waals surface area contributed by atoms with Gasteiger partial charge in [-0.15, -0.1) is 0 Å². The van der Waals surface area contributed by atoms with E-state index < -0.39 is 0 Å². The van der Waals surface area contributed by atoms with Gasteiger partial charge in [-0.05, 0) is 36.2 Å². The Morgan fingerprint density at radius 1 is 1.00 bits per heavy atom. The third-order valence-corrected chi connectivity index (χ3v) is 5.83. The van der Waals surface area contributed by atoms with E-state index in [9.17, 15) is 9.59 Å². The molecule has 3 heterocycles. The maximum Gasteiger partial charge on any atom is 0.253 e. The van der Waals surface area contributed by atoms with Gasteiger partial charge in [0.05, 0.1) is 12.1 Å². The Balaban J connectivity index is 1.22. The van der Waals surface area contributed by atoms with E-state index in [1.54, 1.807) is 4.68 Å². The average Bonchev–Trinajstić information content (AvgIpc) is 3.31. The van der Waals surface area contributed by atoms with Gasteiger partial charge in [0.1, 0.15) is 12.3 Å². The number of rotatable bonds is 3. The highest BCUT2D eigenvalue weighted by molar-refractivity contribution is 5.94. The summed E-state index contributed by atoms with van der Waals surface area (Å²) in [5, 5.41) is 5.50. The van der Waals surface area contributed by atoms with Crippen LogP contribution >= 0.6 is 0 Å². The Morgan fingerprint density at radius 2 is 1.83 bits per heavy atom. The van der Waals surface area contributed by atoms with Gasteiger partial charge < -0.3 is 14.5 Å². The predicted octanol–water partition coefficient (Wildman–Crippen LogP) is 2.35. The molecule has 7 nitrogen and oxygen atoms in total. The summed E-state index contributed by atoms with van der Waals surface area (Å²) in [5.74, 6) is 0.939. The Hall–Kier alpha value is -3.35. The van der Waals surface area contributed by atoms with Gasteiger partial charge in [0, 0.05) is 49.7 Å². The predicted molar refractivity (Wildman–Crippen MR) is 112 cm³/mol. The smallest absolute Gasteiger partial charge is 0.253 e. The van der Waals surface area contributed by atoms with E-state index in [0.29, 0.717) is 38.3 Å². The molecule has 0 saturated carbocycles. The molecule has 2 aliphatic heterocycles. The number of hydrogen-bond donors (Lipinski definition) is 0. The van der Waals surface area contributed by atoms with Gasteiger partial charge in [-0.2, -0.15) is 5.10 Å². The zero-order valence-corrected chi connectivity index (χ0v) is 16.8. The van der Waals surface area contributed by atoms with Gasteiger partial charge in [0.25, 0.3) is 5.91 Å². The molecule has 2 aliphatic rings. The van der Waals surface area contributed by atoms with Gasteiger partial charge in [-0.3, -0.25) is 14.3 Å². The third-order valence-electron chi connectivity index (χ3n) is 5.83. The maximum absolute atomic E-state index is 13.0. The lowest BCUT2D eigenvalue weighted by Crippen LogP contribution is -2.38. The number of amides is 2. The minimum absolute atomic E-state index is 0.0253. The summed E-state index contributed by atoms with van der Waals surface area (Å²) in [6.45, 7) is 3.29. The van der Waals surface area contributed by atoms with Gasteiger partial charge in [0.2, 0.25) is 5.91 Å². The highest BCUT2D eigenvalue weighted by Crippen LogP contribution is 2.26. The van der Waals surface area contributed by atoms with Crippen molar-refractivity contribution in [1.29, 1.82) is 0 Å². The van der Waals surface area contributed by atoms with Crippen molar-refractivity contribution in [3.63, 3.8) is 0 Å². The van der Waals surface area contributed by atoms with Crippen molar-refractivity contribution < 1.29 is 14.3 Å². The van der Waals surface area contributed by atoms with E-state index in [1.165, 1.54) is 0 Å². The standard InChI is InChI=1S/C23H24N4O3/c28-22(16-27-15-19-4-1-2-5-20(19)24-27)25-9-3-10-26(12-11-25)23(29)18-6-7-21-17(14-18)8-13-30-21/h1-2,4-7,14-15H,3,8-13,16H2. The number of nitrogens with zero attached hydrogens (tertiary/aromatic N) is 4. The lowest BCUT2D eigenvalue weighted by Gasteiger charge is -2.22. The molecule has 0 bridgehead atoms. The number of carbonyl (C=O) groups is 2. The molecule has 0 radical (unpaired) electrons. The number of aromatic nitrogens is 2. The van der Waals surface area contributed by atoms with Crippen LogP contribution < -0.4 is 4.74 Å². The van der Waals surface area contributed by atoms with E-state index >= 15 is 0 Å². The summed E-state index contributed by atoms with van der Waals surface area (Å²) in [6.07, 6.45) is 3.52. The summed E-state index contributed by atoms with van der Waals surface area (Å²) in [5.41, 5.74) is 2.68. The van der Waals surface area contributed by atoms with Crippen LogP contribution in [0.1, 0.15) is 22.3 Å². The van der Waals surface area contributed by atoms with Crippen LogP contribution in [0.2, 0.25) is 0 Å². The largest absolute Gasteiger partial charge is 0.493 e. The topological polar surface area (TPSA) is 67.7 Å². The highest BCUT2D eigenvalue weighted by Gasteiger charge is 2.24. The minimum Gasteiger partial charge on any atom is -0.493 e. The molecule has 0 atom stereocenters. The SMILES string of the molecule is O=C(Cn1cc2ccccc2n1)N1CCCN(C(=O)c2ccc3c(c2)CCO3)CC1. The van der Waals surface area contributed by atoms with Crippen molar-refractivity contribution in [2.24, 2.45) is 0 Å². The van der Waals surface area contributed by atoms with E-state index in [4.69, 9.17) is 4.74 Å². The van der Waals surface area contributed by atoms with Crippen LogP contribution in [0.4, 0.5) is 0 Å². The van der Waals surface area contributed by atoms with Crippen LogP contribution in [-0.2, 0) is 17.8 Å². The molecule has 2 aromatic carbocycles. The highest BCUT2D eigenvalue weighted by atomic mass is 16.5. The molecule has 30 heavy (non-hydrogen) atoms. The number of hydrogen-bond acceptors (Lipinski definition) is 4. The van der Waals surface area contributed by atoms with Crippen LogP contribution in [-0.4, -0.2) is 64.2 Å². The molecule has 0 unspecified atom stereocenters. The third kappa shape index (κ3) is 3.63. The fourth-order valence-electron chi connectivity index (χ4n) is 4.21. The number of fused-ring (bicyclic) bond motifs is 2. The molecule has 1 aromatic heterocycles. The first-order valence-electron chi connectivity index (χ1n) is 10.4. The van der Waals surface area contributed by atoms with Crippen molar-refractivity contribution in [2.75, 3.05) is 32.8 Å². The number of ether oxygens (including phenoxy) is 1. The second kappa shape index (κ2) is 7.82. The first kappa shape index (κ1) is 18.7. The van der Waals surface area contributed by atoms with E-state index in [2.05, 4.69) is 5.10 Å². The number of carbonyl (C=O) groups excluding carboxylic acids is 2. The summed E-state index contributed by atoms with van der Waals surface area (Å²) < 4.78 is 7.23. The van der Waals surface area contributed by atoms with Crippen LogP contribution in [0.25, 0.3) is 10.9 Å². The molecule has 1 saturated heterocycles. The van der Waals surface area contributed by atoms with Gasteiger partial charge in [0.15, 0.2) is 0 Å². The first-order valence-corrected chi connectivity index (χ1v) is 10.4. The summed E-state index contributed by atoms with van der Waals surface area (Å²) >= 11 is 0. The molecule has 0 aliphatic carbocycles. The molecule has 7 heteroatoms. The Morgan fingerprint density at radius 3 is 2.73 bits per heavy atom. The van der Waals surface area contributed by atoms with Crippen LogP contribution in [0.15, 0.2) is 48.7 Å². The molecule has 1 fully saturated rings. The summed E-state index contributed by atoms with van der Waals surface area (Å²) in [7, 11) is 0. The van der Waals surface area contributed by atoms with Gasteiger partial charge in [-0.25, -0.2) is 0 Å². The van der Waals surface area contributed by atoms with Crippen molar-refractivity contribution in [3.05, 3.63) is 59.8 Å². The normalized spacial score (nSPS) is 16.3. The van der Waals surface area contributed by atoms with Crippen LogP contribution in [0.3, 0.4) is 0 Å². The monoisotopic (exact) mass is 404 g/mol. The minimum atomic E-state index is 0.0253. The molecule has 154 valence electrons. The van der Waals surface area contributed by atoms with E-state index in [-0.39, 0.29) is 18.4 Å². The molecule has 3 aromatic rings. The first-order chi connectivity index (χ1) is 14.7. The molecule has 5 rings (SSSR count). The van der Waals surface area contributed by atoms with E-state index in [0.717, 1.165) is 35.1 Å². The van der Waals surface area contributed by atoms with Crippen molar-refractivity contribution >= 4 is 22.7 Å². The fraction of sp³-hybridized carbons (Fsp3) is 0.348. The second-order valence-corrected chi connectivity index (χ2v) is 7.83. The lowest BCUT2D eigenvalue weighted by molar-refractivity contribution is -0.131. The molecule has 0 spiro atoms. The van der Waals surface area contributed by atoms with Crippen molar-refractivity contribution in [1.82, 2.24) is 19.6 Å². The van der Waals surface area contributed by atoms with E-state index in [1.807, 2.05) is 58.5 Å². The van der Waals surface area contributed by atoms with Crippen LogP contribution in [0, 0.1) is 0 Å². The fourth-order valence-corrected chi connectivity index (χ4v) is 4.21. The molecule has 0 N–H and O–H groups in total. The zero-order chi connectivity index (χ0) is 20.5. The average molecular weight is 404 g/mol. The lowest BCUT2D eigenvalue weighted by atomic mass is 10.1. The van der Waals surface area contributed by atoms with Crippen LogP contribution in [0.5, 0.6) is 5.75 Å². The summed E-state index contributed by atoms with van der Waals surface area (Å²) in [4.78, 5) is 29.5. The number of benzene rings is 2. The molecule has 2 amide bonds. The van der Waals surface area contributed by atoms with Crippen molar-refractivity contribution in [3.8, 4) is 5.75 Å². The second-order valence-electron chi connectivity index (χ2n) is 7.83. The summed E-state index contributed by atoms with van der Waals surface area (Å²) in [6, 6.07) is 13.5. The maximum atomic E-state index is 13.0.